The lowest BCUT2D eigenvalue weighted by atomic mass is 10.2. The summed E-state index contributed by atoms with van der Waals surface area (Å²) in [6.07, 6.45) is 3.87. The van der Waals surface area contributed by atoms with Crippen LogP contribution in [0.2, 0.25) is 5.02 Å². The van der Waals surface area contributed by atoms with Crippen molar-refractivity contribution in [3.8, 4) is 5.75 Å². The number of nitrogens with zero attached hydrogens (tertiary/aromatic N) is 3. The zero-order chi connectivity index (χ0) is 21.6. The summed E-state index contributed by atoms with van der Waals surface area (Å²) in [4.78, 5) is 25.0. The molecule has 4 rings (SSSR count). The molecule has 0 unspecified atom stereocenters. The van der Waals surface area contributed by atoms with Crippen LogP contribution in [0.5, 0.6) is 5.75 Å². The van der Waals surface area contributed by atoms with Gasteiger partial charge in [0.2, 0.25) is 5.91 Å². The van der Waals surface area contributed by atoms with Gasteiger partial charge in [-0.1, -0.05) is 47.2 Å². The predicted octanol–water partition coefficient (Wildman–Crippen LogP) is 6.07. The van der Waals surface area contributed by atoms with Crippen molar-refractivity contribution in [2.75, 3.05) is 17.8 Å². The molecule has 2 aromatic heterocycles. The van der Waals surface area contributed by atoms with Gasteiger partial charge in [0, 0.05) is 29.5 Å². The molecule has 2 aromatic carbocycles. The molecule has 0 spiro atoms. The van der Waals surface area contributed by atoms with E-state index in [0.717, 1.165) is 15.2 Å². The number of halogens is 1. The third-order valence-corrected chi connectivity index (χ3v) is 7.14. The fraction of sp³-hybridized carbons (Fsp3) is 0.174. The molecule has 0 radical (unpaired) electrons. The zero-order valence-electron chi connectivity index (χ0n) is 16.8. The van der Waals surface area contributed by atoms with E-state index in [1.807, 2.05) is 42.5 Å². The van der Waals surface area contributed by atoms with Crippen molar-refractivity contribution in [1.82, 2.24) is 9.97 Å². The highest BCUT2D eigenvalue weighted by Gasteiger charge is 2.22. The maximum absolute atomic E-state index is 13.2. The second kappa shape index (κ2) is 10.1. The molecule has 0 fully saturated rings. The van der Waals surface area contributed by atoms with Gasteiger partial charge in [0.1, 0.15) is 11.3 Å². The molecule has 0 aliphatic rings. The number of methoxy groups -OCH3 is 1. The molecule has 1 amide bonds. The number of pyridine rings is 1. The van der Waals surface area contributed by atoms with Crippen LogP contribution >= 0.6 is 34.7 Å². The minimum atomic E-state index is 0.00132. The van der Waals surface area contributed by atoms with Crippen molar-refractivity contribution in [3.05, 3.63) is 77.6 Å². The van der Waals surface area contributed by atoms with Gasteiger partial charge in [-0.15, -0.1) is 11.8 Å². The molecular formula is C23H20ClN3O2S2. The molecule has 0 bridgehead atoms. The number of hydrogen-bond acceptors (Lipinski definition) is 6. The van der Waals surface area contributed by atoms with Gasteiger partial charge in [-0.2, -0.15) is 0 Å². The minimum Gasteiger partial charge on any atom is -0.494 e. The average Bonchev–Trinajstić information content (AvgIpc) is 3.25. The number of amides is 1. The topological polar surface area (TPSA) is 55.3 Å². The Labute approximate surface area is 194 Å². The zero-order valence-corrected chi connectivity index (χ0v) is 19.2. The van der Waals surface area contributed by atoms with Crippen LogP contribution in [0.3, 0.4) is 0 Å². The number of carbonyl (C=O) groups is 1. The normalized spacial score (nSPS) is 10.9. The van der Waals surface area contributed by atoms with Crippen molar-refractivity contribution in [2.24, 2.45) is 0 Å². The van der Waals surface area contributed by atoms with Gasteiger partial charge in [0.15, 0.2) is 5.13 Å². The van der Waals surface area contributed by atoms with Gasteiger partial charge in [-0.3, -0.25) is 14.7 Å². The minimum absolute atomic E-state index is 0.00132. The number of anilines is 1. The Morgan fingerprint density at radius 2 is 2.00 bits per heavy atom. The van der Waals surface area contributed by atoms with Crippen LogP contribution in [-0.4, -0.2) is 28.7 Å². The van der Waals surface area contributed by atoms with Gasteiger partial charge in [0.25, 0.3) is 0 Å². The maximum atomic E-state index is 13.2. The Morgan fingerprint density at radius 1 is 1.16 bits per heavy atom. The number of thiazole rings is 1. The van der Waals surface area contributed by atoms with Crippen LogP contribution in [-0.2, 0) is 11.3 Å². The average molecular weight is 470 g/mol. The summed E-state index contributed by atoms with van der Waals surface area (Å²) in [6.45, 7) is 0.391. The third-order valence-electron chi connectivity index (χ3n) is 4.59. The largest absolute Gasteiger partial charge is 0.494 e. The van der Waals surface area contributed by atoms with E-state index in [2.05, 4.69) is 4.98 Å². The number of fused-ring (bicyclic) bond motifs is 1. The molecule has 0 aliphatic carbocycles. The number of benzene rings is 2. The number of ether oxygens (including phenoxy) is 1. The van der Waals surface area contributed by atoms with E-state index in [1.165, 1.54) is 11.3 Å². The molecule has 158 valence electrons. The van der Waals surface area contributed by atoms with E-state index in [1.54, 1.807) is 48.3 Å². The standard InChI is InChI=1S/C23H20ClN3O2S2/c1-29-19-10-9-18(24)22-21(19)26-23(31-22)27(15-16-6-5-12-25-14-16)20(28)11-13-30-17-7-3-2-4-8-17/h2-10,12,14H,11,13,15H2,1H3. The second-order valence-electron chi connectivity index (χ2n) is 6.68. The maximum Gasteiger partial charge on any atom is 0.229 e. The number of rotatable bonds is 8. The van der Waals surface area contributed by atoms with Gasteiger partial charge in [0.05, 0.1) is 23.4 Å². The van der Waals surface area contributed by atoms with E-state index in [4.69, 9.17) is 21.3 Å². The molecule has 31 heavy (non-hydrogen) atoms. The molecule has 5 nitrogen and oxygen atoms in total. The van der Waals surface area contributed by atoms with Crippen molar-refractivity contribution in [1.29, 1.82) is 0 Å². The molecule has 4 aromatic rings. The van der Waals surface area contributed by atoms with Gasteiger partial charge in [-0.05, 0) is 35.9 Å². The van der Waals surface area contributed by atoms with Gasteiger partial charge < -0.3 is 4.74 Å². The van der Waals surface area contributed by atoms with Crippen LogP contribution in [0, 0.1) is 0 Å². The van der Waals surface area contributed by atoms with Gasteiger partial charge in [-0.25, -0.2) is 4.98 Å². The van der Waals surface area contributed by atoms with Crippen LogP contribution in [0.25, 0.3) is 10.2 Å². The van der Waals surface area contributed by atoms with Crippen molar-refractivity contribution in [3.63, 3.8) is 0 Å². The Hall–Kier alpha value is -2.61. The Morgan fingerprint density at radius 3 is 2.74 bits per heavy atom. The Bertz CT molecular complexity index is 1170. The Balaban J connectivity index is 1.60. The van der Waals surface area contributed by atoms with Crippen molar-refractivity contribution in [2.45, 2.75) is 17.9 Å². The summed E-state index contributed by atoms with van der Waals surface area (Å²) in [5, 5.41) is 1.19. The number of carbonyl (C=O) groups excluding carboxylic acids is 1. The van der Waals surface area contributed by atoms with E-state index in [0.29, 0.717) is 40.1 Å². The third kappa shape index (κ3) is 5.18. The predicted molar refractivity (Wildman–Crippen MR) is 128 cm³/mol. The lowest BCUT2D eigenvalue weighted by molar-refractivity contribution is -0.118. The molecule has 0 saturated heterocycles. The quantitative estimate of drug-likeness (QED) is 0.293. The smallest absolute Gasteiger partial charge is 0.229 e. The van der Waals surface area contributed by atoms with E-state index < -0.39 is 0 Å². The molecule has 0 aliphatic heterocycles. The van der Waals surface area contributed by atoms with E-state index in [-0.39, 0.29) is 5.91 Å². The number of aromatic nitrogens is 2. The summed E-state index contributed by atoms with van der Waals surface area (Å²) in [7, 11) is 1.60. The van der Waals surface area contributed by atoms with Crippen molar-refractivity contribution >= 4 is 56.0 Å². The molecule has 8 heteroatoms. The van der Waals surface area contributed by atoms with E-state index >= 15 is 0 Å². The number of hydrogen-bond donors (Lipinski definition) is 0. The highest BCUT2D eigenvalue weighted by molar-refractivity contribution is 7.99. The van der Waals surface area contributed by atoms with Crippen LogP contribution in [0.1, 0.15) is 12.0 Å². The first-order valence-electron chi connectivity index (χ1n) is 9.66. The van der Waals surface area contributed by atoms with Crippen LogP contribution in [0.4, 0.5) is 5.13 Å². The monoisotopic (exact) mass is 469 g/mol. The van der Waals surface area contributed by atoms with Crippen LogP contribution in [0.15, 0.2) is 71.9 Å². The van der Waals surface area contributed by atoms with Crippen molar-refractivity contribution < 1.29 is 9.53 Å². The lowest BCUT2D eigenvalue weighted by Gasteiger charge is -2.20. The summed E-state index contributed by atoms with van der Waals surface area (Å²) in [5.41, 5.74) is 1.60. The first-order valence-corrected chi connectivity index (χ1v) is 11.8. The fourth-order valence-electron chi connectivity index (χ4n) is 3.07. The summed E-state index contributed by atoms with van der Waals surface area (Å²) in [5.74, 6) is 1.32. The number of thioether (sulfide) groups is 1. The summed E-state index contributed by atoms with van der Waals surface area (Å²) in [6, 6.07) is 17.5. The fourth-order valence-corrected chi connectivity index (χ4v) is 5.20. The van der Waals surface area contributed by atoms with Gasteiger partial charge >= 0.3 is 0 Å². The molecule has 0 saturated carbocycles. The van der Waals surface area contributed by atoms with E-state index in [9.17, 15) is 4.79 Å². The lowest BCUT2D eigenvalue weighted by Crippen LogP contribution is -2.30. The summed E-state index contributed by atoms with van der Waals surface area (Å²) >= 11 is 9.45. The molecule has 2 heterocycles. The van der Waals surface area contributed by atoms with Crippen LogP contribution < -0.4 is 9.64 Å². The second-order valence-corrected chi connectivity index (χ2v) is 9.23. The highest BCUT2D eigenvalue weighted by atomic mass is 35.5. The highest BCUT2D eigenvalue weighted by Crippen LogP contribution is 2.39. The summed E-state index contributed by atoms with van der Waals surface area (Å²) < 4.78 is 6.24. The SMILES string of the molecule is COc1ccc(Cl)c2sc(N(Cc3cccnc3)C(=O)CCSc3ccccc3)nc12. The molecular weight excluding hydrogens is 450 g/mol. The first kappa shape index (κ1) is 21.6. The molecule has 0 atom stereocenters. The molecule has 0 N–H and O–H groups in total. The first-order chi connectivity index (χ1) is 15.2. The Kier molecular flexibility index (Phi) is 7.06.